The van der Waals surface area contributed by atoms with Gasteiger partial charge in [0, 0.05) is 20.1 Å². The molecular weight excluding hydrogens is 244 g/mol. The van der Waals surface area contributed by atoms with Crippen LogP contribution >= 0.6 is 12.2 Å². The van der Waals surface area contributed by atoms with Crippen LogP contribution in [-0.4, -0.2) is 21.3 Å². The van der Waals surface area contributed by atoms with Gasteiger partial charge in [-0.1, -0.05) is 24.3 Å². The van der Waals surface area contributed by atoms with Crippen molar-refractivity contribution in [1.29, 1.82) is 0 Å². The minimum Gasteiger partial charge on any atom is -0.337 e. The van der Waals surface area contributed by atoms with Gasteiger partial charge in [0.1, 0.15) is 0 Å². The van der Waals surface area contributed by atoms with Gasteiger partial charge in [-0.2, -0.15) is 0 Å². The molecule has 18 heavy (non-hydrogen) atoms. The van der Waals surface area contributed by atoms with Crippen LogP contribution in [0.25, 0.3) is 0 Å². The zero-order chi connectivity index (χ0) is 12.5. The molecule has 3 rings (SSSR count). The summed E-state index contributed by atoms with van der Waals surface area (Å²) < 4.78 is 2.60. The number of nitrogens with zero attached hydrogens (tertiary/aromatic N) is 3. The van der Waals surface area contributed by atoms with Crippen molar-refractivity contribution in [1.82, 2.24) is 14.8 Å². The maximum absolute atomic E-state index is 5.17. The Morgan fingerprint density at radius 1 is 1.28 bits per heavy atom. The molecule has 2 heterocycles. The SMILES string of the molecule is Cn1c(N2CCCc3ccccc3C2)n[nH]c1=S. The van der Waals surface area contributed by atoms with Crippen LogP contribution in [0.1, 0.15) is 17.5 Å². The first-order valence-electron chi connectivity index (χ1n) is 6.19. The minimum atomic E-state index is 0.669. The highest BCUT2D eigenvalue weighted by molar-refractivity contribution is 7.71. The summed E-state index contributed by atoms with van der Waals surface area (Å²) in [5.41, 5.74) is 2.85. The number of benzene rings is 1. The number of rotatable bonds is 1. The minimum absolute atomic E-state index is 0.669. The second kappa shape index (κ2) is 4.57. The molecule has 94 valence electrons. The van der Waals surface area contributed by atoms with Gasteiger partial charge in [-0.3, -0.25) is 4.57 Å². The summed E-state index contributed by atoms with van der Waals surface area (Å²) in [5.74, 6) is 0.928. The summed E-state index contributed by atoms with van der Waals surface area (Å²) in [5, 5.41) is 7.18. The van der Waals surface area contributed by atoms with Crippen LogP contribution in [0, 0.1) is 4.77 Å². The number of aromatic amines is 1. The molecule has 1 aromatic carbocycles. The van der Waals surface area contributed by atoms with E-state index in [-0.39, 0.29) is 0 Å². The molecule has 0 spiro atoms. The average molecular weight is 260 g/mol. The van der Waals surface area contributed by atoms with Crippen molar-refractivity contribution in [3.8, 4) is 0 Å². The van der Waals surface area contributed by atoms with Crippen molar-refractivity contribution in [3.63, 3.8) is 0 Å². The molecule has 1 N–H and O–H groups in total. The number of H-pyrrole nitrogens is 1. The van der Waals surface area contributed by atoms with Crippen molar-refractivity contribution >= 4 is 18.2 Å². The van der Waals surface area contributed by atoms with Crippen molar-refractivity contribution in [2.24, 2.45) is 7.05 Å². The number of hydrogen-bond acceptors (Lipinski definition) is 3. The lowest BCUT2D eigenvalue weighted by Gasteiger charge is -2.21. The summed E-state index contributed by atoms with van der Waals surface area (Å²) in [6.07, 6.45) is 2.29. The van der Waals surface area contributed by atoms with Crippen LogP contribution in [0.15, 0.2) is 24.3 Å². The first-order valence-corrected chi connectivity index (χ1v) is 6.59. The van der Waals surface area contributed by atoms with Crippen LogP contribution in [0.3, 0.4) is 0 Å². The monoisotopic (exact) mass is 260 g/mol. The predicted octanol–water partition coefficient (Wildman–Crippen LogP) is 2.43. The second-order valence-corrected chi connectivity index (χ2v) is 5.07. The third kappa shape index (κ3) is 1.95. The number of anilines is 1. The maximum Gasteiger partial charge on any atom is 0.225 e. The molecule has 0 aliphatic carbocycles. The van der Waals surface area contributed by atoms with Gasteiger partial charge in [0.05, 0.1) is 0 Å². The fraction of sp³-hybridized carbons (Fsp3) is 0.385. The standard InChI is InChI=1S/C13H16N4S/c1-16-12(14-15-13(16)18)17-8-4-7-10-5-2-3-6-11(10)9-17/h2-3,5-6H,4,7-9H2,1H3,(H,15,18). The first-order chi connectivity index (χ1) is 8.75. The average Bonchev–Trinajstić information content (AvgIpc) is 2.62. The van der Waals surface area contributed by atoms with Crippen LogP contribution in [-0.2, 0) is 20.0 Å². The van der Waals surface area contributed by atoms with E-state index in [1.165, 1.54) is 11.1 Å². The fourth-order valence-corrected chi connectivity index (χ4v) is 2.62. The van der Waals surface area contributed by atoms with Gasteiger partial charge in [-0.05, 0) is 36.2 Å². The van der Waals surface area contributed by atoms with Gasteiger partial charge in [0.15, 0.2) is 4.77 Å². The van der Waals surface area contributed by atoms with E-state index in [0.717, 1.165) is 31.9 Å². The lowest BCUT2D eigenvalue weighted by atomic mass is 10.0. The Hall–Kier alpha value is -1.62. The summed E-state index contributed by atoms with van der Waals surface area (Å²) >= 11 is 5.17. The molecule has 0 bridgehead atoms. The summed E-state index contributed by atoms with van der Waals surface area (Å²) in [6, 6.07) is 8.65. The lowest BCUT2D eigenvalue weighted by molar-refractivity contribution is 0.714. The number of hydrogen-bond donors (Lipinski definition) is 1. The molecule has 1 aliphatic heterocycles. The Labute approximate surface area is 111 Å². The highest BCUT2D eigenvalue weighted by Gasteiger charge is 2.17. The van der Waals surface area contributed by atoms with Crippen molar-refractivity contribution < 1.29 is 0 Å². The summed E-state index contributed by atoms with van der Waals surface area (Å²) in [6.45, 7) is 1.92. The Morgan fingerprint density at radius 3 is 2.78 bits per heavy atom. The number of aromatic nitrogens is 3. The molecule has 4 nitrogen and oxygen atoms in total. The van der Waals surface area contributed by atoms with E-state index >= 15 is 0 Å². The van der Waals surface area contributed by atoms with Gasteiger partial charge >= 0.3 is 0 Å². The number of nitrogens with one attached hydrogen (secondary N) is 1. The molecule has 0 radical (unpaired) electrons. The predicted molar refractivity (Wildman–Crippen MR) is 74.2 cm³/mol. The van der Waals surface area contributed by atoms with Crippen LogP contribution in [0.5, 0.6) is 0 Å². The van der Waals surface area contributed by atoms with Gasteiger partial charge in [0.25, 0.3) is 0 Å². The molecule has 0 unspecified atom stereocenters. The molecule has 5 heteroatoms. The Balaban J connectivity index is 1.96. The van der Waals surface area contributed by atoms with E-state index in [9.17, 15) is 0 Å². The third-order valence-electron chi connectivity index (χ3n) is 3.49. The molecule has 0 saturated heterocycles. The molecule has 0 saturated carbocycles. The zero-order valence-electron chi connectivity index (χ0n) is 10.4. The van der Waals surface area contributed by atoms with E-state index in [2.05, 4.69) is 39.4 Å². The smallest absolute Gasteiger partial charge is 0.225 e. The lowest BCUT2D eigenvalue weighted by Crippen LogP contribution is -2.25. The van der Waals surface area contributed by atoms with E-state index in [0.29, 0.717) is 4.77 Å². The van der Waals surface area contributed by atoms with Crippen molar-refractivity contribution in [2.75, 3.05) is 11.4 Å². The van der Waals surface area contributed by atoms with E-state index < -0.39 is 0 Å². The van der Waals surface area contributed by atoms with Gasteiger partial charge < -0.3 is 4.90 Å². The molecule has 0 fully saturated rings. The van der Waals surface area contributed by atoms with Gasteiger partial charge in [-0.15, -0.1) is 5.10 Å². The first kappa shape index (κ1) is 11.5. The van der Waals surface area contributed by atoms with E-state index in [1.54, 1.807) is 0 Å². The van der Waals surface area contributed by atoms with Crippen molar-refractivity contribution in [3.05, 3.63) is 40.2 Å². The highest BCUT2D eigenvalue weighted by Crippen LogP contribution is 2.22. The molecule has 0 atom stereocenters. The Kier molecular flexibility index (Phi) is 2.91. The highest BCUT2D eigenvalue weighted by atomic mass is 32.1. The third-order valence-corrected chi connectivity index (χ3v) is 3.86. The van der Waals surface area contributed by atoms with E-state index in [1.807, 2.05) is 11.6 Å². The normalized spacial score (nSPS) is 15.3. The maximum atomic E-state index is 5.17. The molecular formula is C13H16N4S. The zero-order valence-corrected chi connectivity index (χ0v) is 11.2. The van der Waals surface area contributed by atoms with E-state index in [4.69, 9.17) is 12.2 Å². The quantitative estimate of drug-likeness (QED) is 0.800. The second-order valence-electron chi connectivity index (χ2n) is 4.68. The van der Waals surface area contributed by atoms with Crippen LogP contribution in [0.4, 0.5) is 5.95 Å². The molecule has 1 aliphatic rings. The summed E-state index contributed by atoms with van der Waals surface area (Å²) in [7, 11) is 1.96. The molecule has 1 aromatic heterocycles. The largest absolute Gasteiger partial charge is 0.337 e. The van der Waals surface area contributed by atoms with Gasteiger partial charge in [0.2, 0.25) is 5.95 Å². The van der Waals surface area contributed by atoms with Crippen LogP contribution in [0.2, 0.25) is 0 Å². The topological polar surface area (TPSA) is 36.9 Å². The number of aryl methyl sites for hydroxylation is 1. The Bertz CT molecular complexity index is 613. The molecule has 0 amide bonds. The van der Waals surface area contributed by atoms with Gasteiger partial charge in [-0.25, -0.2) is 5.10 Å². The number of fused-ring (bicyclic) bond motifs is 1. The summed E-state index contributed by atoms with van der Waals surface area (Å²) in [4.78, 5) is 2.29. The van der Waals surface area contributed by atoms with Crippen molar-refractivity contribution in [2.45, 2.75) is 19.4 Å². The molecule has 2 aromatic rings. The fourth-order valence-electron chi connectivity index (χ4n) is 2.49. The van der Waals surface area contributed by atoms with Crippen LogP contribution < -0.4 is 4.90 Å². The Morgan fingerprint density at radius 2 is 2.06 bits per heavy atom.